The number of hydrogen-bond acceptors (Lipinski definition) is 2. The number of aryl methyl sites for hydroxylation is 2. The van der Waals surface area contributed by atoms with Crippen LogP contribution in [0.5, 0.6) is 0 Å². The Hall–Kier alpha value is -0.990. The maximum atomic E-state index is 5.67. The summed E-state index contributed by atoms with van der Waals surface area (Å²) in [6.07, 6.45) is 4.38. The quantitative estimate of drug-likeness (QED) is 0.805. The molecule has 2 N–H and O–H groups in total. The summed E-state index contributed by atoms with van der Waals surface area (Å²) in [5.74, 6) is 0.653. The van der Waals surface area contributed by atoms with E-state index in [1.165, 1.54) is 6.42 Å². The molecule has 3 heteroatoms. The standard InChI is InChI=1S/C11H21N3/c1-9-8-14(13-10(9)12)7-5-6-11(2,3)4/h8H,5-7H2,1-4H3,(H2,12,13). The molecule has 1 aromatic rings. The molecule has 0 saturated carbocycles. The predicted octanol–water partition coefficient (Wildman–Crippen LogP) is 2.60. The molecule has 0 aliphatic rings. The third-order valence-electron chi connectivity index (χ3n) is 2.30. The molecule has 1 heterocycles. The molecular formula is C11H21N3. The molecule has 0 spiro atoms. The SMILES string of the molecule is Cc1cn(CCCC(C)(C)C)nc1N. The van der Waals surface area contributed by atoms with Crippen LogP contribution in [0.1, 0.15) is 39.2 Å². The van der Waals surface area contributed by atoms with Gasteiger partial charge in [-0.05, 0) is 25.2 Å². The Bertz CT molecular complexity index is 274. The lowest BCUT2D eigenvalue weighted by molar-refractivity contribution is 0.349. The molecular weight excluding hydrogens is 174 g/mol. The van der Waals surface area contributed by atoms with Gasteiger partial charge in [-0.3, -0.25) is 4.68 Å². The fourth-order valence-electron chi connectivity index (χ4n) is 1.42. The third-order valence-corrected chi connectivity index (χ3v) is 2.30. The number of nitrogen functional groups attached to an aromatic ring is 1. The summed E-state index contributed by atoms with van der Waals surface area (Å²) in [5, 5.41) is 4.22. The number of nitrogens with two attached hydrogens (primary N) is 1. The van der Waals surface area contributed by atoms with E-state index < -0.39 is 0 Å². The molecule has 0 saturated heterocycles. The zero-order valence-corrected chi connectivity index (χ0v) is 9.67. The Morgan fingerprint density at radius 3 is 2.50 bits per heavy atom. The molecule has 0 aromatic carbocycles. The van der Waals surface area contributed by atoms with Gasteiger partial charge in [0.15, 0.2) is 0 Å². The van der Waals surface area contributed by atoms with Crippen molar-refractivity contribution in [3.05, 3.63) is 11.8 Å². The highest BCUT2D eigenvalue weighted by Gasteiger charge is 2.09. The van der Waals surface area contributed by atoms with Gasteiger partial charge >= 0.3 is 0 Å². The molecule has 0 aliphatic heterocycles. The first-order valence-corrected chi connectivity index (χ1v) is 5.18. The van der Waals surface area contributed by atoms with Gasteiger partial charge in [0.25, 0.3) is 0 Å². The molecule has 0 atom stereocenters. The van der Waals surface area contributed by atoms with Crippen molar-refractivity contribution in [3.8, 4) is 0 Å². The molecule has 1 rings (SSSR count). The second kappa shape index (κ2) is 4.03. The highest BCUT2D eigenvalue weighted by molar-refractivity contribution is 5.35. The van der Waals surface area contributed by atoms with E-state index in [0.29, 0.717) is 11.2 Å². The molecule has 0 radical (unpaired) electrons. The lowest BCUT2D eigenvalue weighted by Gasteiger charge is -2.17. The number of rotatable bonds is 3. The summed E-state index contributed by atoms with van der Waals surface area (Å²) in [6.45, 7) is 9.74. The van der Waals surface area contributed by atoms with Crippen LogP contribution in [-0.2, 0) is 6.54 Å². The van der Waals surface area contributed by atoms with Gasteiger partial charge in [0.05, 0.1) is 0 Å². The van der Waals surface area contributed by atoms with Crippen molar-refractivity contribution >= 4 is 5.82 Å². The molecule has 80 valence electrons. The van der Waals surface area contributed by atoms with Gasteiger partial charge in [0.2, 0.25) is 0 Å². The number of aromatic nitrogens is 2. The lowest BCUT2D eigenvalue weighted by atomic mass is 9.91. The third kappa shape index (κ3) is 3.40. The van der Waals surface area contributed by atoms with Crippen LogP contribution in [0.4, 0.5) is 5.82 Å². The predicted molar refractivity (Wildman–Crippen MR) is 60.1 cm³/mol. The molecule has 3 nitrogen and oxygen atoms in total. The van der Waals surface area contributed by atoms with Gasteiger partial charge in [-0.25, -0.2) is 0 Å². The minimum atomic E-state index is 0.410. The van der Waals surface area contributed by atoms with Gasteiger partial charge in [0.1, 0.15) is 5.82 Å². The van der Waals surface area contributed by atoms with E-state index in [0.717, 1.165) is 18.5 Å². The number of nitrogens with zero attached hydrogens (tertiary/aromatic N) is 2. The highest BCUT2D eigenvalue weighted by Crippen LogP contribution is 2.21. The Kier molecular flexibility index (Phi) is 3.19. The number of anilines is 1. The summed E-state index contributed by atoms with van der Waals surface area (Å²) in [4.78, 5) is 0. The van der Waals surface area contributed by atoms with Crippen LogP contribution in [0.2, 0.25) is 0 Å². The topological polar surface area (TPSA) is 43.8 Å². The smallest absolute Gasteiger partial charge is 0.148 e. The summed E-state index contributed by atoms with van der Waals surface area (Å²) < 4.78 is 1.94. The second-order valence-corrected chi connectivity index (χ2v) is 5.12. The Morgan fingerprint density at radius 1 is 1.43 bits per heavy atom. The first-order chi connectivity index (χ1) is 6.38. The summed E-state index contributed by atoms with van der Waals surface area (Å²) in [6, 6.07) is 0. The van der Waals surface area contributed by atoms with E-state index in [2.05, 4.69) is 25.9 Å². The highest BCUT2D eigenvalue weighted by atomic mass is 15.3. The summed E-state index contributed by atoms with van der Waals surface area (Å²) in [7, 11) is 0. The van der Waals surface area contributed by atoms with E-state index in [4.69, 9.17) is 5.73 Å². The molecule has 0 unspecified atom stereocenters. The monoisotopic (exact) mass is 195 g/mol. The van der Waals surface area contributed by atoms with E-state index in [9.17, 15) is 0 Å². The zero-order valence-electron chi connectivity index (χ0n) is 9.67. The number of hydrogen-bond donors (Lipinski definition) is 1. The molecule has 14 heavy (non-hydrogen) atoms. The fourth-order valence-corrected chi connectivity index (χ4v) is 1.42. The Balaban J connectivity index is 2.39. The Morgan fingerprint density at radius 2 is 2.07 bits per heavy atom. The normalized spacial score (nSPS) is 12.0. The lowest BCUT2D eigenvalue weighted by Crippen LogP contribution is -2.07. The van der Waals surface area contributed by atoms with Crippen molar-refractivity contribution in [2.24, 2.45) is 5.41 Å². The molecule has 0 amide bonds. The van der Waals surface area contributed by atoms with Crippen LogP contribution in [0, 0.1) is 12.3 Å². The average molecular weight is 195 g/mol. The first kappa shape index (κ1) is 11.1. The summed E-state index contributed by atoms with van der Waals surface area (Å²) in [5.41, 5.74) is 7.15. The minimum Gasteiger partial charge on any atom is -0.382 e. The molecule has 0 bridgehead atoms. The van der Waals surface area contributed by atoms with Gasteiger partial charge in [-0.1, -0.05) is 20.8 Å². The molecule has 0 fully saturated rings. The van der Waals surface area contributed by atoms with Crippen molar-refractivity contribution in [2.75, 3.05) is 5.73 Å². The van der Waals surface area contributed by atoms with Gasteiger partial charge in [-0.2, -0.15) is 5.10 Å². The molecule has 1 aromatic heterocycles. The van der Waals surface area contributed by atoms with Crippen LogP contribution >= 0.6 is 0 Å². The van der Waals surface area contributed by atoms with Gasteiger partial charge in [0, 0.05) is 18.3 Å². The van der Waals surface area contributed by atoms with E-state index >= 15 is 0 Å². The maximum absolute atomic E-state index is 5.67. The van der Waals surface area contributed by atoms with Crippen molar-refractivity contribution in [1.82, 2.24) is 9.78 Å². The second-order valence-electron chi connectivity index (χ2n) is 5.12. The van der Waals surface area contributed by atoms with E-state index in [-0.39, 0.29) is 0 Å². The fraction of sp³-hybridized carbons (Fsp3) is 0.727. The van der Waals surface area contributed by atoms with Crippen molar-refractivity contribution in [2.45, 2.75) is 47.1 Å². The molecule has 0 aliphatic carbocycles. The van der Waals surface area contributed by atoms with Crippen molar-refractivity contribution in [1.29, 1.82) is 0 Å². The van der Waals surface area contributed by atoms with E-state index in [1.807, 2.05) is 17.8 Å². The van der Waals surface area contributed by atoms with Crippen molar-refractivity contribution in [3.63, 3.8) is 0 Å². The van der Waals surface area contributed by atoms with Gasteiger partial charge < -0.3 is 5.73 Å². The Labute approximate surface area is 86.3 Å². The largest absolute Gasteiger partial charge is 0.382 e. The first-order valence-electron chi connectivity index (χ1n) is 5.18. The van der Waals surface area contributed by atoms with Crippen molar-refractivity contribution < 1.29 is 0 Å². The van der Waals surface area contributed by atoms with Gasteiger partial charge in [-0.15, -0.1) is 0 Å². The minimum absolute atomic E-state index is 0.410. The van der Waals surface area contributed by atoms with Crippen LogP contribution in [0.25, 0.3) is 0 Å². The van der Waals surface area contributed by atoms with Crippen LogP contribution < -0.4 is 5.73 Å². The van der Waals surface area contributed by atoms with Crippen LogP contribution in [0.15, 0.2) is 6.20 Å². The average Bonchev–Trinajstić information content (AvgIpc) is 2.28. The summed E-state index contributed by atoms with van der Waals surface area (Å²) >= 11 is 0. The van der Waals surface area contributed by atoms with Crippen LogP contribution in [0.3, 0.4) is 0 Å². The van der Waals surface area contributed by atoms with Crippen LogP contribution in [-0.4, -0.2) is 9.78 Å². The zero-order chi connectivity index (χ0) is 10.8. The maximum Gasteiger partial charge on any atom is 0.148 e. The van der Waals surface area contributed by atoms with E-state index in [1.54, 1.807) is 0 Å².